The first-order chi connectivity index (χ1) is 10.1. The van der Waals surface area contributed by atoms with Crippen LogP contribution < -0.4 is 10.6 Å². The Morgan fingerprint density at radius 3 is 2.74 bits per heavy atom. The Morgan fingerprint density at radius 1 is 1.43 bits per heavy atom. The van der Waals surface area contributed by atoms with Gasteiger partial charge in [0.25, 0.3) is 0 Å². The Morgan fingerprint density at radius 2 is 2.13 bits per heavy atom. The summed E-state index contributed by atoms with van der Waals surface area (Å²) in [6.07, 6.45) is 6.67. The van der Waals surface area contributed by atoms with E-state index in [-0.39, 0.29) is 36.8 Å². The molecule has 1 amide bonds. The normalized spacial score (nSPS) is 16.1. The summed E-state index contributed by atoms with van der Waals surface area (Å²) in [5.74, 6) is 0.104. The predicted molar refractivity (Wildman–Crippen MR) is 98.6 cm³/mol. The first-order valence-electron chi connectivity index (χ1n) is 7.74. The van der Waals surface area contributed by atoms with Gasteiger partial charge in [-0.05, 0) is 58.0 Å². The fourth-order valence-electron chi connectivity index (χ4n) is 2.85. The molecule has 0 aromatic carbocycles. The first-order valence-corrected chi connectivity index (χ1v) is 7.74. The zero-order chi connectivity index (χ0) is 15.1. The van der Waals surface area contributed by atoms with Gasteiger partial charge in [-0.25, -0.2) is 0 Å². The van der Waals surface area contributed by atoms with Crippen LogP contribution in [0.25, 0.3) is 0 Å². The molecule has 5 nitrogen and oxygen atoms in total. The molecule has 1 aliphatic rings. The van der Waals surface area contributed by atoms with Crippen LogP contribution in [0.4, 0.5) is 0 Å². The van der Waals surface area contributed by atoms with E-state index in [0.29, 0.717) is 12.6 Å². The quantitative estimate of drug-likeness (QED) is 0.807. The van der Waals surface area contributed by atoms with E-state index in [0.717, 1.165) is 37.9 Å². The lowest BCUT2D eigenvalue weighted by atomic mass is 10.1. The second-order valence-electron chi connectivity index (χ2n) is 5.93. The van der Waals surface area contributed by atoms with E-state index in [1.807, 2.05) is 32.3 Å². The molecule has 0 bridgehead atoms. The minimum atomic E-state index is 0. The Balaban J connectivity index is 0.00000242. The molecule has 0 radical (unpaired) electrons. The van der Waals surface area contributed by atoms with Crippen molar-refractivity contribution in [3.05, 3.63) is 30.1 Å². The Labute approximate surface area is 151 Å². The van der Waals surface area contributed by atoms with Gasteiger partial charge in [-0.1, -0.05) is 6.07 Å². The summed E-state index contributed by atoms with van der Waals surface area (Å²) in [6.45, 7) is 4.61. The first kappa shape index (κ1) is 22.1. The molecule has 1 atom stereocenters. The smallest absolute Gasteiger partial charge is 0.234 e. The number of rotatable bonds is 6. The average molecular weight is 363 g/mol. The summed E-state index contributed by atoms with van der Waals surface area (Å²) in [5, 5.41) is 6.42. The molecule has 1 unspecified atom stereocenters. The summed E-state index contributed by atoms with van der Waals surface area (Å²) in [4.78, 5) is 18.4. The van der Waals surface area contributed by atoms with Crippen LogP contribution in [-0.2, 0) is 11.2 Å². The van der Waals surface area contributed by atoms with Gasteiger partial charge in [0.15, 0.2) is 0 Å². The van der Waals surface area contributed by atoms with E-state index in [2.05, 4.69) is 20.5 Å². The zero-order valence-electron chi connectivity index (χ0n) is 13.8. The third-order valence-corrected chi connectivity index (χ3v) is 4.00. The molecule has 7 heteroatoms. The van der Waals surface area contributed by atoms with Crippen LogP contribution in [0.1, 0.15) is 25.3 Å². The van der Waals surface area contributed by atoms with Gasteiger partial charge in [0.05, 0.1) is 6.54 Å². The number of piperidine rings is 1. The fourth-order valence-corrected chi connectivity index (χ4v) is 2.85. The highest BCUT2D eigenvalue weighted by atomic mass is 35.5. The Kier molecular flexibility index (Phi) is 11.2. The van der Waals surface area contributed by atoms with Gasteiger partial charge in [-0.15, -0.1) is 24.8 Å². The average Bonchev–Trinajstić information content (AvgIpc) is 2.48. The lowest BCUT2D eigenvalue weighted by Crippen LogP contribution is -2.47. The maximum atomic E-state index is 12.1. The number of amides is 1. The number of nitrogens with one attached hydrogen (secondary N) is 2. The molecule has 0 aliphatic carbocycles. The monoisotopic (exact) mass is 362 g/mol. The van der Waals surface area contributed by atoms with Gasteiger partial charge >= 0.3 is 0 Å². The molecule has 1 aromatic heterocycles. The molecule has 2 rings (SSSR count). The molecule has 1 fully saturated rings. The highest BCUT2D eigenvalue weighted by Crippen LogP contribution is 2.09. The van der Waals surface area contributed by atoms with Gasteiger partial charge < -0.3 is 10.6 Å². The largest absolute Gasteiger partial charge is 0.352 e. The number of aromatic nitrogens is 1. The molecule has 2 N–H and O–H groups in total. The number of pyridine rings is 1. The van der Waals surface area contributed by atoms with Gasteiger partial charge in [-0.3, -0.25) is 14.7 Å². The van der Waals surface area contributed by atoms with Crippen molar-refractivity contribution < 1.29 is 4.79 Å². The maximum absolute atomic E-state index is 12.1. The van der Waals surface area contributed by atoms with Crippen LogP contribution in [-0.4, -0.2) is 54.6 Å². The highest BCUT2D eigenvalue weighted by molar-refractivity contribution is 5.85. The van der Waals surface area contributed by atoms with Crippen LogP contribution >= 0.6 is 24.8 Å². The molecule has 0 saturated carbocycles. The SMILES string of the molecule is CC(Cc1cccnc1)NC(=O)CN(C)C1CCNCC1.Cl.Cl. The highest BCUT2D eigenvalue weighted by Gasteiger charge is 2.20. The molecule has 0 spiro atoms. The van der Waals surface area contributed by atoms with E-state index < -0.39 is 0 Å². The molecule has 1 aliphatic heterocycles. The predicted octanol–water partition coefficient (Wildman–Crippen LogP) is 1.66. The second-order valence-corrected chi connectivity index (χ2v) is 5.93. The second kappa shape index (κ2) is 11.6. The van der Waals surface area contributed by atoms with Crippen molar-refractivity contribution in [1.29, 1.82) is 0 Å². The summed E-state index contributed by atoms with van der Waals surface area (Å²) in [7, 11) is 2.04. The Hall–Kier alpha value is -0.880. The number of nitrogens with zero attached hydrogens (tertiary/aromatic N) is 2. The molecule has 132 valence electrons. The van der Waals surface area contributed by atoms with E-state index in [9.17, 15) is 4.79 Å². The molecular weight excluding hydrogens is 335 g/mol. The van der Waals surface area contributed by atoms with Crippen molar-refractivity contribution in [3.8, 4) is 0 Å². The van der Waals surface area contributed by atoms with E-state index >= 15 is 0 Å². The zero-order valence-corrected chi connectivity index (χ0v) is 15.5. The minimum absolute atomic E-state index is 0. The number of carbonyl (C=O) groups is 1. The van der Waals surface area contributed by atoms with Crippen LogP contribution in [0, 0.1) is 0 Å². The van der Waals surface area contributed by atoms with E-state index in [1.165, 1.54) is 0 Å². The van der Waals surface area contributed by atoms with E-state index in [1.54, 1.807) is 6.20 Å². The molecule has 2 heterocycles. The minimum Gasteiger partial charge on any atom is -0.352 e. The molecular formula is C16H28Cl2N4O. The number of likely N-dealkylation sites (N-methyl/N-ethyl adjacent to an activating group) is 1. The maximum Gasteiger partial charge on any atom is 0.234 e. The number of hydrogen-bond donors (Lipinski definition) is 2. The van der Waals surface area contributed by atoms with Crippen LogP contribution in [0.3, 0.4) is 0 Å². The van der Waals surface area contributed by atoms with Gasteiger partial charge in [0.2, 0.25) is 5.91 Å². The number of hydrogen-bond acceptors (Lipinski definition) is 4. The van der Waals surface area contributed by atoms with Gasteiger partial charge in [-0.2, -0.15) is 0 Å². The van der Waals surface area contributed by atoms with Crippen molar-refractivity contribution >= 4 is 30.7 Å². The summed E-state index contributed by atoms with van der Waals surface area (Å²) < 4.78 is 0. The fraction of sp³-hybridized carbons (Fsp3) is 0.625. The van der Waals surface area contributed by atoms with Gasteiger partial charge in [0, 0.05) is 24.5 Å². The van der Waals surface area contributed by atoms with Crippen molar-refractivity contribution in [3.63, 3.8) is 0 Å². The van der Waals surface area contributed by atoms with Crippen LogP contribution in [0.2, 0.25) is 0 Å². The van der Waals surface area contributed by atoms with Crippen molar-refractivity contribution in [2.45, 2.75) is 38.3 Å². The lowest BCUT2D eigenvalue weighted by molar-refractivity contribution is -0.123. The standard InChI is InChI=1S/C16H26N4O.2ClH/c1-13(10-14-4-3-7-18-11-14)19-16(21)12-20(2)15-5-8-17-9-6-15;;/h3-4,7,11,13,15,17H,5-6,8-10,12H2,1-2H3,(H,19,21);2*1H. The van der Waals surface area contributed by atoms with Crippen molar-refractivity contribution in [2.24, 2.45) is 0 Å². The van der Waals surface area contributed by atoms with Crippen LogP contribution in [0.5, 0.6) is 0 Å². The third kappa shape index (κ3) is 7.97. The lowest BCUT2D eigenvalue weighted by Gasteiger charge is -2.31. The van der Waals surface area contributed by atoms with Gasteiger partial charge in [0.1, 0.15) is 0 Å². The topological polar surface area (TPSA) is 57.3 Å². The molecule has 23 heavy (non-hydrogen) atoms. The van der Waals surface area contributed by atoms with Crippen molar-refractivity contribution in [1.82, 2.24) is 20.5 Å². The summed E-state index contributed by atoms with van der Waals surface area (Å²) in [5.41, 5.74) is 1.15. The Bertz CT molecular complexity index is 441. The number of carbonyl (C=O) groups excluding carboxylic acids is 1. The molecule has 1 aromatic rings. The third-order valence-electron chi connectivity index (χ3n) is 4.00. The number of halogens is 2. The summed E-state index contributed by atoms with van der Waals surface area (Å²) >= 11 is 0. The van der Waals surface area contributed by atoms with Crippen molar-refractivity contribution in [2.75, 3.05) is 26.7 Å². The molecule has 1 saturated heterocycles. The van der Waals surface area contributed by atoms with Crippen LogP contribution in [0.15, 0.2) is 24.5 Å². The van der Waals surface area contributed by atoms with E-state index in [4.69, 9.17) is 0 Å². The summed E-state index contributed by atoms with van der Waals surface area (Å²) in [6, 6.07) is 4.61.